The number of benzene rings is 2. The highest BCUT2D eigenvalue weighted by Gasteiger charge is 2.30. The van der Waals surface area contributed by atoms with Gasteiger partial charge < -0.3 is 10.3 Å². The topological polar surface area (TPSA) is 44.9 Å². The number of carbonyl (C=O) groups excluding carboxylic acids is 1. The number of H-pyrrole nitrogens is 1. The largest absolute Gasteiger partial charge is 0.360 e. The van der Waals surface area contributed by atoms with Crippen LogP contribution in [0.15, 0.2) is 60.8 Å². The predicted octanol–water partition coefficient (Wildman–Crippen LogP) is 3.84. The molecule has 0 bridgehead atoms. The van der Waals surface area contributed by atoms with Crippen molar-refractivity contribution in [2.45, 2.75) is 24.9 Å². The summed E-state index contributed by atoms with van der Waals surface area (Å²) >= 11 is 0. The Morgan fingerprint density at radius 1 is 1.05 bits per heavy atom. The smallest absolute Gasteiger partial charge is 0.186 e. The van der Waals surface area contributed by atoms with Gasteiger partial charge in [-0.25, -0.2) is 0 Å². The van der Waals surface area contributed by atoms with Gasteiger partial charge in [-0.3, -0.25) is 4.79 Å². The van der Waals surface area contributed by atoms with Crippen molar-refractivity contribution in [3.63, 3.8) is 0 Å². The van der Waals surface area contributed by atoms with E-state index in [1.165, 1.54) is 0 Å². The highest BCUT2D eigenvalue weighted by molar-refractivity contribution is 6.10. The Balaban J connectivity index is 1.73. The summed E-state index contributed by atoms with van der Waals surface area (Å²) < 4.78 is 0. The molecule has 1 atom stereocenters. The lowest BCUT2D eigenvalue weighted by atomic mass is 9.97. The summed E-state index contributed by atoms with van der Waals surface area (Å²) in [6.07, 6.45) is 4.15. The molecule has 3 nitrogen and oxygen atoms in total. The first-order valence-electron chi connectivity index (χ1n) is 7.74. The van der Waals surface area contributed by atoms with Gasteiger partial charge in [0.05, 0.1) is 6.04 Å². The van der Waals surface area contributed by atoms with Crippen molar-refractivity contribution >= 4 is 16.7 Å². The van der Waals surface area contributed by atoms with Crippen LogP contribution >= 0.6 is 0 Å². The Morgan fingerprint density at radius 2 is 1.77 bits per heavy atom. The van der Waals surface area contributed by atoms with Crippen molar-refractivity contribution in [3.8, 4) is 0 Å². The number of fused-ring (bicyclic) bond motifs is 1. The van der Waals surface area contributed by atoms with Crippen molar-refractivity contribution in [1.82, 2.24) is 10.3 Å². The fourth-order valence-electron chi connectivity index (χ4n) is 2.89. The number of ketones is 1. The third-order valence-electron chi connectivity index (χ3n) is 4.23. The molecule has 22 heavy (non-hydrogen) atoms. The van der Waals surface area contributed by atoms with Crippen LogP contribution in [0.25, 0.3) is 10.9 Å². The van der Waals surface area contributed by atoms with Gasteiger partial charge in [0.2, 0.25) is 0 Å². The SMILES string of the molecule is O=C(c1c[nH]c2ccccc12)C(NC1CC1)c1ccccc1. The molecule has 3 heteroatoms. The van der Waals surface area contributed by atoms with E-state index in [-0.39, 0.29) is 11.8 Å². The second-order valence-corrected chi connectivity index (χ2v) is 5.90. The van der Waals surface area contributed by atoms with Gasteiger partial charge in [-0.1, -0.05) is 48.5 Å². The molecule has 0 aliphatic heterocycles. The quantitative estimate of drug-likeness (QED) is 0.701. The lowest BCUT2D eigenvalue weighted by Crippen LogP contribution is -2.30. The van der Waals surface area contributed by atoms with Crippen molar-refractivity contribution < 1.29 is 4.79 Å². The molecule has 1 aliphatic carbocycles. The molecule has 110 valence electrons. The summed E-state index contributed by atoms with van der Waals surface area (Å²) in [6, 6.07) is 18.1. The number of para-hydroxylation sites is 1. The van der Waals surface area contributed by atoms with Gasteiger partial charge in [-0.2, -0.15) is 0 Å². The van der Waals surface area contributed by atoms with E-state index < -0.39 is 0 Å². The Labute approximate surface area is 129 Å². The average Bonchev–Trinajstić information content (AvgIpc) is 3.29. The van der Waals surface area contributed by atoms with E-state index in [4.69, 9.17) is 0 Å². The van der Waals surface area contributed by atoms with Crippen LogP contribution in [0.1, 0.15) is 34.8 Å². The van der Waals surface area contributed by atoms with Crippen LogP contribution in [0.3, 0.4) is 0 Å². The van der Waals surface area contributed by atoms with Crippen molar-refractivity contribution in [3.05, 3.63) is 71.9 Å². The van der Waals surface area contributed by atoms with E-state index >= 15 is 0 Å². The number of aromatic nitrogens is 1. The molecule has 0 saturated heterocycles. The highest BCUT2D eigenvalue weighted by Crippen LogP contribution is 2.28. The first-order chi connectivity index (χ1) is 10.8. The molecular weight excluding hydrogens is 272 g/mol. The average molecular weight is 290 g/mol. The van der Waals surface area contributed by atoms with E-state index in [0.29, 0.717) is 6.04 Å². The maximum atomic E-state index is 13.1. The zero-order valence-corrected chi connectivity index (χ0v) is 12.3. The predicted molar refractivity (Wildman–Crippen MR) is 88.0 cm³/mol. The molecule has 1 heterocycles. The third kappa shape index (κ3) is 2.44. The van der Waals surface area contributed by atoms with Gasteiger partial charge >= 0.3 is 0 Å². The van der Waals surface area contributed by atoms with Crippen LogP contribution in [-0.4, -0.2) is 16.8 Å². The van der Waals surface area contributed by atoms with Gasteiger partial charge in [0.25, 0.3) is 0 Å². The van der Waals surface area contributed by atoms with Crippen molar-refractivity contribution in [2.75, 3.05) is 0 Å². The van der Waals surface area contributed by atoms with Gasteiger partial charge in [0.15, 0.2) is 5.78 Å². The maximum Gasteiger partial charge on any atom is 0.186 e. The monoisotopic (exact) mass is 290 g/mol. The van der Waals surface area contributed by atoms with Gasteiger partial charge in [-0.15, -0.1) is 0 Å². The first-order valence-corrected chi connectivity index (χ1v) is 7.74. The molecule has 1 unspecified atom stereocenters. The Hall–Kier alpha value is -2.39. The zero-order valence-electron chi connectivity index (χ0n) is 12.3. The number of aromatic amines is 1. The lowest BCUT2D eigenvalue weighted by molar-refractivity contribution is 0.0943. The highest BCUT2D eigenvalue weighted by atomic mass is 16.1. The number of Topliss-reactive ketones (excluding diaryl/α,β-unsaturated/α-hetero) is 1. The van der Waals surface area contributed by atoms with Gasteiger partial charge in [0.1, 0.15) is 0 Å². The fourth-order valence-corrected chi connectivity index (χ4v) is 2.89. The van der Waals surface area contributed by atoms with Crippen LogP contribution < -0.4 is 5.32 Å². The molecule has 1 aromatic heterocycles. The molecule has 2 aromatic carbocycles. The normalized spacial score (nSPS) is 15.8. The summed E-state index contributed by atoms with van der Waals surface area (Å²) in [4.78, 5) is 16.3. The standard InChI is InChI=1S/C19H18N2O/c22-19(16-12-20-17-9-5-4-8-15(16)17)18(21-14-10-11-14)13-6-2-1-3-7-13/h1-9,12,14,18,20-21H,10-11H2. The number of carbonyl (C=O) groups is 1. The molecule has 0 amide bonds. The Morgan fingerprint density at radius 3 is 2.55 bits per heavy atom. The van der Waals surface area contributed by atoms with E-state index in [0.717, 1.165) is 34.9 Å². The minimum atomic E-state index is -0.270. The third-order valence-corrected chi connectivity index (χ3v) is 4.23. The Kier molecular flexibility index (Phi) is 3.28. The molecule has 0 spiro atoms. The lowest BCUT2D eigenvalue weighted by Gasteiger charge is -2.17. The summed E-state index contributed by atoms with van der Waals surface area (Å²) in [7, 11) is 0. The molecule has 3 aromatic rings. The van der Waals surface area contributed by atoms with E-state index in [9.17, 15) is 4.79 Å². The van der Waals surface area contributed by atoms with E-state index in [1.807, 2.05) is 60.8 Å². The summed E-state index contributed by atoms with van der Waals surface area (Å²) in [5, 5.41) is 4.49. The van der Waals surface area contributed by atoms with Crippen molar-refractivity contribution in [2.24, 2.45) is 0 Å². The summed E-state index contributed by atoms with van der Waals surface area (Å²) in [6.45, 7) is 0. The summed E-state index contributed by atoms with van der Waals surface area (Å²) in [5.74, 6) is 0.135. The van der Waals surface area contributed by atoms with Crippen LogP contribution in [0.2, 0.25) is 0 Å². The molecule has 1 aliphatic rings. The second kappa shape index (κ2) is 5.43. The number of rotatable bonds is 5. The van der Waals surface area contributed by atoms with Crippen LogP contribution in [-0.2, 0) is 0 Å². The molecule has 2 N–H and O–H groups in total. The minimum Gasteiger partial charge on any atom is -0.360 e. The fraction of sp³-hybridized carbons (Fsp3) is 0.211. The number of nitrogens with one attached hydrogen (secondary N) is 2. The van der Waals surface area contributed by atoms with Crippen LogP contribution in [0, 0.1) is 0 Å². The Bertz CT molecular complexity index is 802. The van der Waals surface area contributed by atoms with Crippen molar-refractivity contribution in [1.29, 1.82) is 0 Å². The summed E-state index contributed by atoms with van der Waals surface area (Å²) in [5.41, 5.74) is 2.80. The molecular formula is C19H18N2O. The van der Waals surface area contributed by atoms with Crippen LogP contribution in [0.5, 0.6) is 0 Å². The maximum absolute atomic E-state index is 13.1. The van der Waals surface area contributed by atoms with E-state index in [2.05, 4.69) is 10.3 Å². The first kappa shape index (κ1) is 13.3. The molecule has 1 fully saturated rings. The van der Waals surface area contributed by atoms with E-state index in [1.54, 1.807) is 0 Å². The number of hydrogen-bond donors (Lipinski definition) is 2. The second-order valence-electron chi connectivity index (χ2n) is 5.90. The zero-order chi connectivity index (χ0) is 14.9. The number of hydrogen-bond acceptors (Lipinski definition) is 2. The molecule has 0 radical (unpaired) electrons. The molecule has 4 rings (SSSR count). The minimum absolute atomic E-state index is 0.135. The van der Waals surface area contributed by atoms with Gasteiger partial charge in [0, 0.05) is 28.7 Å². The molecule has 1 saturated carbocycles. The van der Waals surface area contributed by atoms with Crippen LogP contribution in [0.4, 0.5) is 0 Å². The van der Waals surface area contributed by atoms with Gasteiger partial charge in [-0.05, 0) is 24.5 Å².